The third kappa shape index (κ3) is 1.48. The molecule has 4 heteroatoms. The lowest BCUT2D eigenvalue weighted by molar-refractivity contribution is 0.755. The normalized spacial score (nSPS) is 18.4. The molecule has 2 aliphatic rings. The van der Waals surface area contributed by atoms with E-state index in [0.29, 0.717) is 5.92 Å². The minimum Gasteiger partial charge on any atom is -0.359 e. The molecule has 0 amide bonds. The summed E-state index contributed by atoms with van der Waals surface area (Å²) in [4.78, 5) is 12.6. The second-order valence-corrected chi connectivity index (χ2v) is 4.82. The molecule has 86 valence electrons. The molecule has 0 aromatic carbocycles. The van der Waals surface area contributed by atoms with Crippen LogP contribution in [0.2, 0.25) is 0 Å². The molecule has 1 saturated carbocycles. The zero-order chi connectivity index (χ0) is 11.2. The molecule has 2 aromatic heterocycles. The summed E-state index contributed by atoms with van der Waals surface area (Å²) in [6.07, 6.45) is 4.49. The largest absolute Gasteiger partial charge is 0.359 e. The van der Waals surface area contributed by atoms with Crippen LogP contribution in [-0.2, 0) is 13.1 Å². The molecule has 0 radical (unpaired) electrons. The number of aromatic nitrogens is 3. The second kappa shape index (κ2) is 3.40. The highest BCUT2D eigenvalue weighted by Gasteiger charge is 2.31. The number of aromatic amines is 1. The van der Waals surface area contributed by atoms with E-state index in [0.717, 1.165) is 24.6 Å². The van der Waals surface area contributed by atoms with E-state index in [1.807, 2.05) is 18.3 Å². The Morgan fingerprint density at radius 2 is 2.12 bits per heavy atom. The molecule has 1 aliphatic heterocycles. The lowest BCUT2D eigenvalue weighted by atomic mass is 10.1. The molecular formula is C13H14N4. The third-order valence-electron chi connectivity index (χ3n) is 3.52. The van der Waals surface area contributed by atoms with Crippen molar-refractivity contribution >= 4 is 0 Å². The van der Waals surface area contributed by atoms with Crippen molar-refractivity contribution in [2.45, 2.75) is 31.8 Å². The zero-order valence-electron chi connectivity index (χ0n) is 9.53. The summed E-state index contributed by atoms with van der Waals surface area (Å²) in [5, 5.41) is 3.37. The van der Waals surface area contributed by atoms with E-state index in [9.17, 15) is 0 Å². The molecule has 2 N–H and O–H groups in total. The van der Waals surface area contributed by atoms with Gasteiger partial charge in [0, 0.05) is 30.8 Å². The Kier molecular flexibility index (Phi) is 1.87. The monoisotopic (exact) mass is 226 g/mol. The van der Waals surface area contributed by atoms with Gasteiger partial charge in [0.2, 0.25) is 0 Å². The number of nitrogens with zero attached hydrogens (tertiary/aromatic N) is 2. The van der Waals surface area contributed by atoms with Crippen LogP contribution in [0.5, 0.6) is 0 Å². The maximum atomic E-state index is 4.77. The van der Waals surface area contributed by atoms with Crippen LogP contribution >= 0.6 is 0 Å². The highest BCUT2D eigenvalue weighted by atomic mass is 15.0. The maximum Gasteiger partial charge on any atom is 0.176 e. The molecule has 1 fully saturated rings. The number of hydrogen-bond donors (Lipinski definition) is 2. The van der Waals surface area contributed by atoms with Gasteiger partial charge in [-0.15, -0.1) is 0 Å². The van der Waals surface area contributed by atoms with Gasteiger partial charge in [-0.25, -0.2) is 9.97 Å². The molecular weight excluding hydrogens is 212 g/mol. The molecule has 17 heavy (non-hydrogen) atoms. The van der Waals surface area contributed by atoms with Gasteiger partial charge >= 0.3 is 0 Å². The number of rotatable bonds is 2. The fourth-order valence-corrected chi connectivity index (χ4v) is 2.48. The van der Waals surface area contributed by atoms with Gasteiger partial charge in [0.05, 0.1) is 17.1 Å². The van der Waals surface area contributed by atoms with Crippen LogP contribution in [-0.4, -0.2) is 15.0 Å². The van der Waals surface area contributed by atoms with Crippen LogP contribution in [0.1, 0.15) is 35.7 Å². The Morgan fingerprint density at radius 3 is 2.88 bits per heavy atom. The van der Waals surface area contributed by atoms with Crippen molar-refractivity contribution < 1.29 is 0 Å². The van der Waals surface area contributed by atoms with Crippen LogP contribution in [0.25, 0.3) is 11.5 Å². The number of H-pyrrole nitrogens is 1. The Morgan fingerprint density at radius 1 is 1.18 bits per heavy atom. The highest BCUT2D eigenvalue weighted by Crippen LogP contribution is 2.42. The molecule has 0 unspecified atom stereocenters. The van der Waals surface area contributed by atoms with Gasteiger partial charge in [0.1, 0.15) is 0 Å². The first kappa shape index (κ1) is 9.36. The predicted octanol–water partition coefficient (Wildman–Crippen LogP) is 1.95. The average Bonchev–Trinajstić information content (AvgIpc) is 2.88. The smallest absolute Gasteiger partial charge is 0.176 e. The summed E-state index contributed by atoms with van der Waals surface area (Å²) in [7, 11) is 0. The van der Waals surface area contributed by atoms with Crippen molar-refractivity contribution in [3.05, 3.63) is 35.3 Å². The van der Waals surface area contributed by atoms with Gasteiger partial charge in [0.25, 0.3) is 0 Å². The fourth-order valence-electron chi connectivity index (χ4n) is 2.48. The van der Waals surface area contributed by atoms with Crippen molar-refractivity contribution in [3.8, 4) is 11.5 Å². The van der Waals surface area contributed by atoms with Crippen LogP contribution < -0.4 is 5.32 Å². The summed E-state index contributed by atoms with van der Waals surface area (Å²) in [6, 6.07) is 4.02. The van der Waals surface area contributed by atoms with Crippen LogP contribution in [0.15, 0.2) is 18.3 Å². The Bertz CT molecular complexity index is 555. The minimum atomic E-state index is 0.681. The van der Waals surface area contributed by atoms with Gasteiger partial charge < -0.3 is 10.3 Å². The first-order valence-corrected chi connectivity index (χ1v) is 6.16. The van der Waals surface area contributed by atoms with E-state index >= 15 is 0 Å². The van der Waals surface area contributed by atoms with E-state index in [1.165, 1.54) is 29.8 Å². The van der Waals surface area contributed by atoms with E-state index in [2.05, 4.69) is 15.3 Å². The van der Waals surface area contributed by atoms with Crippen LogP contribution in [0.4, 0.5) is 0 Å². The molecule has 0 atom stereocenters. The first-order chi connectivity index (χ1) is 8.42. The summed E-state index contributed by atoms with van der Waals surface area (Å²) in [6.45, 7) is 1.82. The van der Waals surface area contributed by atoms with E-state index in [-0.39, 0.29) is 0 Å². The average molecular weight is 226 g/mol. The number of fused-ring (bicyclic) bond motifs is 1. The number of nitrogens with one attached hydrogen (secondary N) is 2. The Balaban J connectivity index is 1.89. The minimum absolute atomic E-state index is 0.681. The maximum absolute atomic E-state index is 4.77. The van der Waals surface area contributed by atoms with Gasteiger partial charge in [-0.05, 0) is 25.0 Å². The van der Waals surface area contributed by atoms with E-state index in [4.69, 9.17) is 4.98 Å². The third-order valence-corrected chi connectivity index (χ3v) is 3.52. The van der Waals surface area contributed by atoms with Crippen molar-refractivity contribution in [1.29, 1.82) is 0 Å². The topological polar surface area (TPSA) is 53.6 Å². The van der Waals surface area contributed by atoms with Crippen LogP contribution in [0.3, 0.4) is 0 Å². The zero-order valence-corrected chi connectivity index (χ0v) is 9.53. The fraction of sp³-hybridized carbons (Fsp3) is 0.385. The molecule has 1 aliphatic carbocycles. The van der Waals surface area contributed by atoms with E-state index < -0.39 is 0 Å². The predicted molar refractivity (Wildman–Crippen MR) is 64.3 cm³/mol. The van der Waals surface area contributed by atoms with E-state index in [1.54, 1.807) is 0 Å². The van der Waals surface area contributed by atoms with Crippen molar-refractivity contribution in [3.63, 3.8) is 0 Å². The quantitative estimate of drug-likeness (QED) is 0.823. The molecule has 4 nitrogen and oxygen atoms in total. The van der Waals surface area contributed by atoms with Crippen molar-refractivity contribution in [1.82, 2.24) is 20.3 Å². The molecule has 0 bridgehead atoms. The Hall–Kier alpha value is -1.68. The van der Waals surface area contributed by atoms with Gasteiger partial charge in [-0.2, -0.15) is 0 Å². The lowest BCUT2D eigenvalue weighted by Gasteiger charge is -2.07. The standard InChI is InChI=1S/C13H14N4/c1-2-10(15-5-1)13-16-11-7-14-6-9(11)12(17-13)8-3-4-8/h1-2,5,8,14-15H,3-4,6-7H2. The Labute approximate surface area is 99.5 Å². The summed E-state index contributed by atoms with van der Waals surface area (Å²) in [5.74, 6) is 1.53. The van der Waals surface area contributed by atoms with Crippen molar-refractivity contribution in [2.75, 3.05) is 0 Å². The van der Waals surface area contributed by atoms with Crippen molar-refractivity contribution in [2.24, 2.45) is 0 Å². The molecule has 4 rings (SSSR count). The SMILES string of the molecule is c1c[nH]c(-c2nc3c(c(C4CC4)n2)CNC3)c1. The molecule has 0 spiro atoms. The van der Waals surface area contributed by atoms with Gasteiger partial charge in [0.15, 0.2) is 5.82 Å². The highest BCUT2D eigenvalue weighted by molar-refractivity contribution is 5.51. The number of hydrogen-bond acceptors (Lipinski definition) is 3. The van der Waals surface area contributed by atoms with Gasteiger partial charge in [-0.3, -0.25) is 0 Å². The first-order valence-electron chi connectivity index (χ1n) is 6.16. The summed E-state index contributed by atoms with van der Waals surface area (Å²) in [5.41, 5.74) is 4.83. The molecule has 2 aromatic rings. The molecule has 0 saturated heterocycles. The lowest BCUT2D eigenvalue weighted by Crippen LogP contribution is -2.02. The van der Waals surface area contributed by atoms with Gasteiger partial charge in [-0.1, -0.05) is 0 Å². The second-order valence-electron chi connectivity index (χ2n) is 4.82. The van der Waals surface area contributed by atoms with Crippen LogP contribution in [0, 0.1) is 0 Å². The summed E-state index contributed by atoms with van der Waals surface area (Å²) >= 11 is 0. The summed E-state index contributed by atoms with van der Waals surface area (Å²) < 4.78 is 0. The molecule has 3 heterocycles.